The predicted molar refractivity (Wildman–Crippen MR) is 59.8 cm³/mol. The van der Waals surface area contributed by atoms with E-state index in [2.05, 4.69) is 20.9 Å². The molecule has 0 aromatic carbocycles. The number of aromatic amines is 2. The van der Waals surface area contributed by atoms with E-state index in [0.717, 1.165) is 0 Å². The Hall–Kier alpha value is -1.17. The lowest BCUT2D eigenvalue weighted by Gasteiger charge is -2.06. The van der Waals surface area contributed by atoms with Gasteiger partial charge in [-0.2, -0.15) is 0 Å². The van der Waals surface area contributed by atoms with Crippen LogP contribution in [0.1, 0.15) is 29.4 Å². The number of ketones is 1. The molecule has 15 heavy (non-hydrogen) atoms. The predicted octanol–water partition coefficient (Wildman–Crippen LogP) is 0.728. The molecule has 0 spiro atoms. The minimum Gasteiger partial charge on any atom is -0.311 e. The molecule has 0 saturated carbocycles. The van der Waals surface area contributed by atoms with Crippen molar-refractivity contribution >= 4 is 21.7 Å². The number of H-pyrrole nitrogens is 2. The molecule has 5 nitrogen and oxygen atoms in total. The number of halogens is 1. The second kappa shape index (κ2) is 4.57. The molecule has 0 radical (unpaired) electrons. The summed E-state index contributed by atoms with van der Waals surface area (Å²) in [6.07, 6.45) is 0.580. The van der Waals surface area contributed by atoms with Crippen LogP contribution in [0.4, 0.5) is 0 Å². The standard InChI is InChI=1S/C9H11BrN2O3/c1-3-5(10)7(13)6-4(2)11-9(15)12-8(6)14/h5H,3H2,1-2H3,(H2,11,12,14,15). The molecule has 0 saturated heterocycles. The number of Topliss-reactive ketones (excluding diaryl/α,β-unsaturated/α-hetero) is 1. The Labute approximate surface area is 94.0 Å². The number of hydrogen-bond acceptors (Lipinski definition) is 3. The van der Waals surface area contributed by atoms with Crippen LogP contribution in [0.3, 0.4) is 0 Å². The summed E-state index contributed by atoms with van der Waals surface area (Å²) >= 11 is 3.17. The highest BCUT2D eigenvalue weighted by molar-refractivity contribution is 9.10. The van der Waals surface area contributed by atoms with Crippen molar-refractivity contribution < 1.29 is 4.79 Å². The first-order valence-corrected chi connectivity index (χ1v) is 5.40. The van der Waals surface area contributed by atoms with Gasteiger partial charge < -0.3 is 4.98 Å². The van der Waals surface area contributed by atoms with E-state index >= 15 is 0 Å². The smallest absolute Gasteiger partial charge is 0.311 e. The number of carbonyl (C=O) groups excluding carboxylic acids is 1. The maximum absolute atomic E-state index is 11.7. The average Bonchev–Trinajstić information content (AvgIpc) is 2.14. The first-order chi connectivity index (χ1) is 6.97. The van der Waals surface area contributed by atoms with Crippen molar-refractivity contribution in [1.29, 1.82) is 0 Å². The molecule has 0 aliphatic heterocycles. The van der Waals surface area contributed by atoms with Crippen LogP contribution < -0.4 is 11.2 Å². The van der Waals surface area contributed by atoms with Crippen molar-refractivity contribution in [2.75, 3.05) is 0 Å². The third-order valence-corrected chi connectivity index (χ3v) is 3.08. The number of hydrogen-bond donors (Lipinski definition) is 2. The summed E-state index contributed by atoms with van der Waals surface area (Å²) in [6.45, 7) is 3.35. The van der Waals surface area contributed by atoms with Crippen LogP contribution in [0.15, 0.2) is 9.59 Å². The summed E-state index contributed by atoms with van der Waals surface area (Å²) in [6, 6.07) is 0. The van der Waals surface area contributed by atoms with Crippen molar-refractivity contribution in [1.82, 2.24) is 9.97 Å². The topological polar surface area (TPSA) is 82.8 Å². The van der Waals surface area contributed by atoms with Crippen LogP contribution in [0.5, 0.6) is 0 Å². The van der Waals surface area contributed by atoms with E-state index in [4.69, 9.17) is 0 Å². The van der Waals surface area contributed by atoms with E-state index in [1.54, 1.807) is 0 Å². The lowest BCUT2D eigenvalue weighted by molar-refractivity contribution is 0.0987. The number of alkyl halides is 1. The van der Waals surface area contributed by atoms with Crippen LogP contribution in [0.25, 0.3) is 0 Å². The molecule has 6 heteroatoms. The largest absolute Gasteiger partial charge is 0.325 e. The van der Waals surface area contributed by atoms with Gasteiger partial charge in [0.05, 0.1) is 4.83 Å². The quantitative estimate of drug-likeness (QED) is 0.630. The Kier molecular flexibility index (Phi) is 3.62. The van der Waals surface area contributed by atoms with Gasteiger partial charge >= 0.3 is 5.69 Å². The molecule has 0 bridgehead atoms. The van der Waals surface area contributed by atoms with Crippen molar-refractivity contribution in [3.8, 4) is 0 Å². The molecule has 1 aromatic rings. The minimum atomic E-state index is -0.640. The highest BCUT2D eigenvalue weighted by Crippen LogP contribution is 2.11. The number of aromatic nitrogens is 2. The van der Waals surface area contributed by atoms with Crippen LogP contribution in [0, 0.1) is 6.92 Å². The molecule has 1 heterocycles. The molecule has 1 rings (SSSR count). The Morgan fingerprint density at radius 1 is 1.40 bits per heavy atom. The van der Waals surface area contributed by atoms with Crippen LogP contribution in [0.2, 0.25) is 0 Å². The summed E-state index contributed by atoms with van der Waals surface area (Å²) < 4.78 is 0. The van der Waals surface area contributed by atoms with Gasteiger partial charge in [-0.05, 0) is 13.3 Å². The summed E-state index contributed by atoms with van der Waals surface area (Å²) in [4.78, 5) is 38.1. The Balaban J connectivity index is 3.33. The fourth-order valence-corrected chi connectivity index (χ4v) is 1.47. The van der Waals surface area contributed by atoms with Gasteiger partial charge in [-0.15, -0.1) is 0 Å². The normalized spacial score (nSPS) is 12.5. The Morgan fingerprint density at radius 2 is 2.00 bits per heavy atom. The van der Waals surface area contributed by atoms with Crippen molar-refractivity contribution in [3.63, 3.8) is 0 Å². The molecular weight excluding hydrogens is 264 g/mol. The fourth-order valence-electron chi connectivity index (χ4n) is 1.24. The van der Waals surface area contributed by atoms with Crippen LogP contribution in [-0.4, -0.2) is 20.6 Å². The van der Waals surface area contributed by atoms with Gasteiger partial charge in [0, 0.05) is 5.69 Å². The molecule has 2 N–H and O–H groups in total. The maximum Gasteiger partial charge on any atom is 0.325 e. The summed E-state index contributed by atoms with van der Waals surface area (Å²) in [5, 5.41) is 0. The van der Waals surface area contributed by atoms with Crippen LogP contribution >= 0.6 is 15.9 Å². The minimum absolute atomic E-state index is 0.0123. The molecule has 0 fully saturated rings. The Bertz CT molecular complexity index is 489. The average molecular weight is 275 g/mol. The number of carbonyl (C=O) groups is 1. The number of rotatable bonds is 3. The molecule has 0 aliphatic carbocycles. The van der Waals surface area contributed by atoms with Gasteiger partial charge in [0.25, 0.3) is 5.56 Å². The van der Waals surface area contributed by atoms with E-state index in [1.165, 1.54) is 6.92 Å². The SMILES string of the molecule is CCC(Br)C(=O)c1c(C)[nH]c(=O)[nH]c1=O. The van der Waals surface area contributed by atoms with Crippen molar-refractivity contribution in [3.05, 3.63) is 32.1 Å². The van der Waals surface area contributed by atoms with Gasteiger partial charge in [0.1, 0.15) is 5.56 Å². The highest BCUT2D eigenvalue weighted by atomic mass is 79.9. The highest BCUT2D eigenvalue weighted by Gasteiger charge is 2.20. The lowest BCUT2D eigenvalue weighted by atomic mass is 10.1. The molecule has 1 atom stereocenters. The van der Waals surface area contributed by atoms with Crippen molar-refractivity contribution in [2.45, 2.75) is 25.1 Å². The molecule has 1 unspecified atom stereocenters. The molecular formula is C9H11BrN2O3. The van der Waals surface area contributed by atoms with Gasteiger partial charge in [0.15, 0.2) is 5.78 Å². The van der Waals surface area contributed by atoms with E-state index in [-0.39, 0.29) is 11.3 Å². The van der Waals surface area contributed by atoms with Crippen LogP contribution in [-0.2, 0) is 0 Å². The summed E-state index contributed by atoms with van der Waals surface area (Å²) in [7, 11) is 0. The zero-order chi connectivity index (χ0) is 11.6. The third-order valence-electron chi connectivity index (χ3n) is 2.02. The molecule has 0 amide bonds. The second-order valence-corrected chi connectivity index (χ2v) is 4.25. The number of nitrogens with one attached hydrogen (secondary N) is 2. The maximum atomic E-state index is 11.7. The second-order valence-electron chi connectivity index (χ2n) is 3.15. The molecule has 82 valence electrons. The van der Waals surface area contributed by atoms with E-state index in [1.807, 2.05) is 11.9 Å². The Morgan fingerprint density at radius 3 is 2.47 bits per heavy atom. The zero-order valence-electron chi connectivity index (χ0n) is 8.39. The van der Waals surface area contributed by atoms with E-state index in [9.17, 15) is 14.4 Å². The third kappa shape index (κ3) is 2.44. The summed E-state index contributed by atoms with van der Waals surface area (Å²) in [5.41, 5.74) is -0.930. The lowest BCUT2D eigenvalue weighted by Crippen LogP contribution is -2.32. The van der Waals surface area contributed by atoms with E-state index in [0.29, 0.717) is 12.1 Å². The number of aryl methyl sites for hydroxylation is 1. The van der Waals surface area contributed by atoms with Gasteiger partial charge in [-0.3, -0.25) is 14.6 Å². The van der Waals surface area contributed by atoms with E-state index < -0.39 is 16.1 Å². The monoisotopic (exact) mass is 274 g/mol. The van der Waals surface area contributed by atoms with Crippen molar-refractivity contribution in [2.24, 2.45) is 0 Å². The summed E-state index contributed by atoms with van der Waals surface area (Å²) in [5.74, 6) is -0.312. The molecule has 1 aromatic heterocycles. The van der Waals surface area contributed by atoms with Gasteiger partial charge in [-0.1, -0.05) is 22.9 Å². The first-order valence-electron chi connectivity index (χ1n) is 4.48. The van der Waals surface area contributed by atoms with Gasteiger partial charge in [0.2, 0.25) is 0 Å². The zero-order valence-corrected chi connectivity index (χ0v) is 9.97. The first kappa shape index (κ1) is 11.9. The fraction of sp³-hybridized carbons (Fsp3) is 0.444. The van der Waals surface area contributed by atoms with Gasteiger partial charge in [-0.25, -0.2) is 4.79 Å². The molecule has 0 aliphatic rings.